The summed E-state index contributed by atoms with van der Waals surface area (Å²) in [5, 5.41) is 2.50. The maximum atomic E-state index is 11.9. The van der Waals surface area contributed by atoms with Crippen LogP contribution in [0.4, 0.5) is 0 Å². The number of hydrogen-bond acceptors (Lipinski definition) is 3. The van der Waals surface area contributed by atoms with Crippen molar-refractivity contribution in [3.63, 3.8) is 0 Å². The molecule has 6 heteroatoms. The van der Waals surface area contributed by atoms with Crippen molar-refractivity contribution in [2.24, 2.45) is 0 Å². The SMILES string of the molecule is Cc1cccc(C(=O)NNC(=S)NC(=O)c2ccccc2)c1. The Labute approximate surface area is 133 Å². The van der Waals surface area contributed by atoms with E-state index in [1.54, 1.807) is 42.5 Å². The molecule has 0 radical (unpaired) electrons. The van der Waals surface area contributed by atoms with Gasteiger partial charge in [0, 0.05) is 11.1 Å². The topological polar surface area (TPSA) is 70.2 Å². The first kappa shape index (κ1) is 15.7. The first-order chi connectivity index (χ1) is 10.6. The molecule has 0 aliphatic heterocycles. The minimum absolute atomic E-state index is 0.0230. The van der Waals surface area contributed by atoms with Crippen LogP contribution >= 0.6 is 12.2 Å². The van der Waals surface area contributed by atoms with Gasteiger partial charge in [0.15, 0.2) is 5.11 Å². The zero-order valence-electron chi connectivity index (χ0n) is 11.9. The highest BCUT2D eigenvalue weighted by Crippen LogP contribution is 2.03. The van der Waals surface area contributed by atoms with E-state index in [-0.39, 0.29) is 16.9 Å². The molecule has 2 aromatic rings. The maximum absolute atomic E-state index is 11.9. The van der Waals surface area contributed by atoms with E-state index in [2.05, 4.69) is 16.2 Å². The van der Waals surface area contributed by atoms with E-state index in [0.29, 0.717) is 11.1 Å². The van der Waals surface area contributed by atoms with Crippen molar-refractivity contribution in [1.82, 2.24) is 16.2 Å². The first-order valence-electron chi connectivity index (χ1n) is 6.59. The summed E-state index contributed by atoms with van der Waals surface area (Å²) >= 11 is 4.97. The van der Waals surface area contributed by atoms with E-state index in [1.165, 1.54) is 0 Å². The summed E-state index contributed by atoms with van der Waals surface area (Å²) in [5.41, 5.74) is 6.91. The molecule has 22 heavy (non-hydrogen) atoms. The number of carbonyl (C=O) groups is 2. The lowest BCUT2D eigenvalue weighted by molar-refractivity contribution is 0.0934. The molecule has 0 bridgehead atoms. The van der Waals surface area contributed by atoms with E-state index < -0.39 is 0 Å². The van der Waals surface area contributed by atoms with Gasteiger partial charge in [-0.1, -0.05) is 35.9 Å². The summed E-state index contributed by atoms with van der Waals surface area (Å²) in [6.07, 6.45) is 0. The van der Waals surface area contributed by atoms with Crippen molar-refractivity contribution < 1.29 is 9.59 Å². The molecule has 2 rings (SSSR count). The van der Waals surface area contributed by atoms with Crippen LogP contribution in [0, 0.1) is 6.92 Å². The number of thiocarbonyl (C=S) groups is 1. The van der Waals surface area contributed by atoms with Crippen LogP contribution in [0.1, 0.15) is 26.3 Å². The quantitative estimate of drug-likeness (QED) is 0.585. The summed E-state index contributed by atoms with van der Waals surface area (Å²) < 4.78 is 0. The molecule has 0 aromatic heterocycles. The number of rotatable bonds is 2. The molecule has 0 fully saturated rings. The summed E-state index contributed by atoms with van der Waals surface area (Å²) in [7, 11) is 0. The zero-order chi connectivity index (χ0) is 15.9. The Morgan fingerprint density at radius 3 is 2.23 bits per heavy atom. The normalized spacial score (nSPS) is 9.68. The smallest absolute Gasteiger partial charge is 0.269 e. The fraction of sp³-hybridized carbons (Fsp3) is 0.0625. The molecule has 112 valence electrons. The molecule has 0 saturated heterocycles. The molecule has 0 heterocycles. The summed E-state index contributed by atoms with van der Waals surface area (Å²) in [6.45, 7) is 1.90. The number of hydrazine groups is 1. The largest absolute Gasteiger partial charge is 0.298 e. The van der Waals surface area contributed by atoms with Crippen molar-refractivity contribution in [3.05, 3.63) is 71.3 Å². The molecule has 0 unspecified atom stereocenters. The van der Waals surface area contributed by atoms with Gasteiger partial charge in [0.05, 0.1) is 0 Å². The average molecular weight is 313 g/mol. The Morgan fingerprint density at radius 2 is 1.55 bits per heavy atom. The Bertz CT molecular complexity index is 702. The molecule has 2 amide bonds. The number of nitrogens with one attached hydrogen (secondary N) is 3. The molecule has 0 aliphatic carbocycles. The summed E-state index contributed by atoms with van der Waals surface area (Å²) in [5.74, 6) is -0.678. The van der Waals surface area contributed by atoms with Crippen LogP contribution in [0.3, 0.4) is 0 Å². The lowest BCUT2D eigenvalue weighted by Crippen LogP contribution is -2.48. The third kappa shape index (κ3) is 4.39. The van der Waals surface area contributed by atoms with Crippen molar-refractivity contribution in [1.29, 1.82) is 0 Å². The van der Waals surface area contributed by atoms with Crippen molar-refractivity contribution in [3.8, 4) is 0 Å². The van der Waals surface area contributed by atoms with Crippen LogP contribution in [-0.4, -0.2) is 16.9 Å². The zero-order valence-corrected chi connectivity index (χ0v) is 12.7. The van der Waals surface area contributed by atoms with Gasteiger partial charge >= 0.3 is 0 Å². The number of hydrogen-bond donors (Lipinski definition) is 3. The second-order valence-corrected chi connectivity index (χ2v) is 5.01. The molecular weight excluding hydrogens is 298 g/mol. The van der Waals surface area contributed by atoms with Crippen LogP contribution < -0.4 is 16.2 Å². The monoisotopic (exact) mass is 313 g/mol. The van der Waals surface area contributed by atoms with Gasteiger partial charge in [-0.25, -0.2) is 0 Å². The average Bonchev–Trinajstić information content (AvgIpc) is 2.53. The minimum atomic E-state index is -0.345. The lowest BCUT2D eigenvalue weighted by Gasteiger charge is -2.11. The molecule has 0 atom stereocenters. The first-order valence-corrected chi connectivity index (χ1v) is 7.00. The van der Waals surface area contributed by atoms with Crippen LogP contribution in [0.5, 0.6) is 0 Å². The maximum Gasteiger partial charge on any atom is 0.269 e. The second kappa shape index (κ2) is 7.33. The Kier molecular flexibility index (Phi) is 5.21. The van der Waals surface area contributed by atoms with Crippen LogP contribution in [0.15, 0.2) is 54.6 Å². The van der Waals surface area contributed by atoms with E-state index in [1.807, 2.05) is 19.1 Å². The number of aryl methyl sites for hydroxylation is 1. The molecule has 0 saturated carbocycles. The minimum Gasteiger partial charge on any atom is -0.298 e. The third-order valence-electron chi connectivity index (χ3n) is 2.83. The van der Waals surface area contributed by atoms with Gasteiger partial charge in [-0.15, -0.1) is 0 Å². The molecule has 0 spiro atoms. The molecule has 3 N–H and O–H groups in total. The van der Waals surface area contributed by atoms with Crippen molar-refractivity contribution in [2.45, 2.75) is 6.92 Å². The molecular formula is C16H15N3O2S. The summed E-state index contributed by atoms with van der Waals surface area (Å²) in [6, 6.07) is 15.8. The Balaban J connectivity index is 1.85. The van der Waals surface area contributed by atoms with Gasteiger partial charge < -0.3 is 0 Å². The fourth-order valence-electron chi connectivity index (χ4n) is 1.77. The highest BCUT2D eigenvalue weighted by atomic mass is 32.1. The van der Waals surface area contributed by atoms with Gasteiger partial charge in [0.2, 0.25) is 0 Å². The van der Waals surface area contributed by atoms with Gasteiger partial charge in [0.1, 0.15) is 0 Å². The van der Waals surface area contributed by atoms with E-state index in [9.17, 15) is 9.59 Å². The van der Waals surface area contributed by atoms with Crippen LogP contribution in [-0.2, 0) is 0 Å². The third-order valence-corrected chi connectivity index (χ3v) is 3.04. The van der Waals surface area contributed by atoms with Crippen molar-refractivity contribution >= 4 is 29.1 Å². The van der Waals surface area contributed by atoms with E-state index in [4.69, 9.17) is 12.2 Å². The van der Waals surface area contributed by atoms with Gasteiger partial charge in [0.25, 0.3) is 11.8 Å². The number of amides is 2. The summed E-state index contributed by atoms with van der Waals surface area (Å²) in [4.78, 5) is 23.8. The van der Waals surface area contributed by atoms with Crippen LogP contribution in [0.2, 0.25) is 0 Å². The van der Waals surface area contributed by atoms with Gasteiger partial charge in [-0.2, -0.15) is 0 Å². The van der Waals surface area contributed by atoms with E-state index >= 15 is 0 Å². The second-order valence-electron chi connectivity index (χ2n) is 4.60. The highest BCUT2D eigenvalue weighted by molar-refractivity contribution is 7.80. The fourth-order valence-corrected chi connectivity index (χ4v) is 1.91. The molecule has 5 nitrogen and oxygen atoms in total. The lowest BCUT2D eigenvalue weighted by atomic mass is 10.1. The van der Waals surface area contributed by atoms with Gasteiger partial charge in [-0.3, -0.25) is 25.8 Å². The van der Waals surface area contributed by atoms with Crippen LogP contribution in [0.25, 0.3) is 0 Å². The van der Waals surface area contributed by atoms with Crippen molar-refractivity contribution in [2.75, 3.05) is 0 Å². The number of benzene rings is 2. The Hall–Kier alpha value is -2.73. The van der Waals surface area contributed by atoms with E-state index in [0.717, 1.165) is 5.56 Å². The number of carbonyl (C=O) groups excluding carboxylic acids is 2. The molecule has 2 aromatic carbocycles. The molecule has 0 aliphatic rings. The Morgan fingerprint density at radius 1 is 0.864 bits per heavy atom. The van der Waals surface area contributed by atoms with Gasteiger partial charge in [-0.05, 0) is 43.4 Å². The standard InChI is InChI=1S/C16H15N3O2S/c1-11-6-5-9-13(10-11)15(21)18-19-16(22)17-14(20)12-7-3-2-4-8-12/h2-10H,1H3,(H,18,21)(H2,17,19,20,22). The predicted molar refractivity (Wildman–Crippen MR) is 88.3 cm³/mol. The predicted octanol–water partition coefficient (Wildman–Crippen LogP) is 1.94. The highest BCUT2D eigenvalue weighted by Gasteiger charge is 2.09.